The molecular formula is C21H29N3O4. The number of carbonyl (C=O) groups excluding carboxylic acids is 2. The van der Waals surface area contributed by atoms with E-state index in [1.165, 1.54) is 12.8 Å². The molecule has 1 saturated heterocycles. The van der Waals surface area contributed by atoms with E-state index in [9.17, 15) is 9.59 Å². The van der Waals surface area contributed by atoms with Crippen LogP contribution in [-0.2, 0) is 19.1 Å². The van der Waals surface area contributed by atoms with Crippen molar-refractivity contribution in [1.82, 2.24) is 15.2 Å². The third kappa shape index (κ3) is 4.52. The topological polar surface area (TPSA) is 80.8 Å². The molecule has 0 radical (unpaired) electrons. The van der Waals surface area contributed by atoms with Crippen LogP contribution in [0.25, 0.3) is 0 Å². The van der Waals surface area contributed by atoms with Crippen LogP contribution in [-0.4, -0.2) is 59.7 Å². The summed E-state index contributed by atoms with van der Waals surface area (Å²) in [6, 6.07) is 3.52. The normalized spacial score (nSPS) is 25.9. The quantitative estimate of drug-likeness (QED) is 0.690. The van der Waals surface area contributed by atoms with Gasteiger partial charge in [0.15, 0.2) is 6.10 Å². The van der Waals surface area contributed by atoms with Crippen molar-refractivity contribution in [2.24, 2.45) is 0 Å². The molecule has 7 heteroatoms. The molecule has 0 bridgehead atoms. The van der Waals surface area contributed by atoms with Gasteiger partial charge in [-0.25, -0.2) is 0 Å². The molecule has 1 aromatic heterocycles. The fourth-order valence-electron chi connectivity index (χ4n) is 4.21. The fraction of sp³-hybridized carbons (Fsp3) is 0.667. The third-order valence-corrected chi connectivity index (χ3v) is 5.76. The molecule has 0 unspecified atom stereocenters. The Bertz CT molecular complexity index is 673. The molecule has 2 amide bonds. The van der Waals surface area contributed by atoms with Crippen molar-refractivity contribution in [3.05, 3.63) is 30.1 Å². The molecule has 1 aromatic rings. The zero-order chi connectivity index (χ0) is 19.3. The highest BCUT2D eigenvalue weighted by Gasteiger charge is 2.47. The molecule has 3 aliphatic rings. The van der Waals surface area contributed by atoms with Gasteiger partial charge >= 0.3 is 0 Å². The average molecular weight is 387 g/mol. The van der Waals surface area contributed by atoms with Crippen molar-refractivity contribution in [1.29, 1.82) is 0 Å². The second-order valence-electron chi connectivity index (χ2n) is 7.92. The first kappa shape index (κ1) is 19.3. The zero-order valence-electron chi connectivity index (χ0n) is 16.2. The van der Waals surface area contributed by atoms with Gasteiger partial charge < -0.3 is 19.7 Å². The van der Waals surface area contributed by atoms with Crippen LogP contribution in [0.5, 0.6) is 0 Å². The lowest BCUT2D eigenvalue weighted by atomic mass is 9.98. The van der Waals surface area contributed by atoms with Crippen LogP contribution in [0, 0.1) is 0 Å². The minimum atomic E-state index is -0.710. The molecule has 152 valence electrons. The number of morpholine rings is 1. The lowest BCUT2D eigenvalue weighted by Crippen LogP contribution is -2.55. The molecule has 7 nitrogen and oxygen atoms in total. The van der Waals surface area contributed by atoms with Crippen molar-refractivity contribution in [2.75, 3.05) is 19.8 Å². The first-order chi connectivity index (χ1) is 13.7. The van der Waals surface area contributed by atoms with Gasteiger partial charge in [0.25, 0.3) is 5.91 Å². The van der Waals surface area contributed by atoms with Crippen LogP contribution >= 0.6 is 0 Å². The summed E-state index contributed by atoms with van der Waals surface area (Å²) in [6.07, 6.45) is 10.7. The maximum atomic E-state index is 12.9. The fourth-order valence-corrected chi connectivity index (χ4v) is 4.21. The number of hydrogen-bond acceptors (Lipinski definition) is 5. The van der Waals surface area contributed by atoms with E-state index in [4.69, 9.17) is 9.47 Å². The highest BCUT2D eigenvalue weighted by atomic mass is 16.5. The van der Waals surface area contributed by atoms with E-state index in [0.717, 1.165) is 37.7 Å². The lowest BCUT2D eigenvalue weighted by Gasteiger charge is -2.40. The molecule has 2 aliphatic carbocycles. The van der Waals surface area contributed by atoms with Gasteiger partial charge in [0, 0.05) is 31.6 Å². The molecule has 4 rings (SSSR count). The summed E-state index contributed by atoms with van der Waals surface area (Å²) in [5, 5.41) is 2.97. The lowest BCUT2D eigenvalue weighted by molar-refractivity contribution is -0.165. The first-order valence-corrected chi connectivity index (χ1v) is 10.5. The summed E-state index contributed by atoms with van der Waals surface area (Å²) in [5.41, 5.74) is 0.840. The molecule has 1 N–H and O–H groups in total. The molecule has 28 heavy (non-hydrogen) atoms. The van der Waals surface area contributed by atoms with Crippen LogP contribution in [0.4, 0.5) is 0 Å². The Kier molecular flexibility index (Phi) is 6.22. The van der Waals surface area contributed by atoms with E-state index in [2.05, 4.69) is 10.3 Å². The van der Waals surface area contributed by atoms with Crippen LogP contribution in [0.15, 0.2) is 24.5 Å². The Balaban J connectivity index is 1.35. The standard InChI is InChI=1S/C21H29N3O4/c25-18-14-28-20(21(26)23-11-4-12-27-17-6-1-2-7-17)19(24(18)16-8-9-16)15-5-3-10-22-13-15/h3,5,10,13,16-17,19-20H,1-2,4,6-9,11-12,14H2,(H,23,26)/t19-,20+/m1/s1. The van der Waals surface area contributed by atoms with E-state index >= 15 is 0 Å². The molecule has 2 saturated carbocycles. The van der Waals surface area contributed by atoms with Crippen LogP contribution in [0.1, 0.15) is 56.6 Å². The van der Waals surface area contributed by atoms with Crippen molar-refractivity contribution < 1.29 is 19.1 Å². The second-order valence-corrected chi connectivity index (χ2v) is 7.92. The van der Waals surface area contributed by atoms with E-state index in [1.807, 2.05) is 17.0 Å². The smallest absolute Gasteiger partial charge is 0.251 e. The van der Waals surface area contributed by atoms with E-state index in [1.54, 1.807) is 12.4 Å². The minimum absolute atomic E-state index is 0.0455. The zero-order valence-corrected chi connectivity index (χ0v) is 16.2. The number of ether oxygens (including phenoxy) is 2. The van der Waals surface area contributed by atoms with Gasteiger partial charge in [-0.3, -0.25) is 14.6 Å². The van der Waals surface area contributed by atoms with Gasteiger partial charge in [-0.1, -0.05) is 18.9 Å². The Morgan fingerprint density at radius 2 is 2.11 bits per heavy atom. The van der Waals surface area contributed by atoms with E-state index in [-0.39, 0.29) is 24.5 Å². The van der Waals surface area contributed by atoms with Gasteiger partial charge in [-0.15, -0.1) is 0 Å². The van der Waals surface area contributed by atoms with Crippen molar-refractivity contribution in [3.8, 4) is 0 Å². The van der Waals surface area contributed by atoms with E-state index < -0.39 is 12.1 Å². The molecular weight excluding hydrogens is 358 g/mol. The van der Waals surface area contributed by atoms with Gasteiger partial charge in [-0.05, 0) is 43.7 Å². The Labute approximate surface area is 165 Å². The molecule has 2 atom stereocenters. The molecule has 2 heterocycles. The molecule has 3 fully saturated rings. The number of rotatable bonds is 8. The third-order valence-electron chi connectivity index (χ3n) is 5.76. The molecule has 0 spiro atoms. The minimum Gasteiger partial charge on any atom is -0.378 e. The summed E-state index contributed by atoms with van der Waals surface area (Å²) < 4.78 is 11.6. The number of pyridine rings is 1. The highest BCUT2D eigenvalue weighted by Crippen LogP contribution is 2.39. The van der Waals surface area contributed by atoms with E-state index in [0.29, 0.717) is 19.3 Å². The SMILES string of the molecule is O=C(NCCCOC1CCCC1)[C@H]1OCC(=O)N(C2CC2)[C@@H]1c1cccnc1. The van der Waals surface area contributed by atoms with Crippen LogP contribution in [0.2, 0.25) is 0 Å². The first-order valence-electron chi connectivity index (χ1n) is 10.5. The number of amides is 2. The predicted octanol–water partition coefficient (Wildman–Crippen LogP) is 1.98. The number of nitrogens with one attached hydrogen (secondary N) is 1. The van der Waals surface area contributed by atoms with Gasteiger partial charge in [0.1, 0.15) is 6.61 Å². The highest BCUT2D eigenvalue weighted by molar-refractivity contribution is 5.86. The second kappa shape index (κ2) is 9.01. The summed E-state index contributed by atoms with van der Waals surface area (Å²) in [7, 11) is 0. The number of carbonyl (C=O) groups is 2. The average Bonchev–Trinajstić information content (AvgIpc) is 3.42. The van der Waals surface area contributed by atoms with Crippen molar-refractivity contribution in [3.63, 3.8) is 0 Å². The maximum absolute atomic E-state index is 12.9. The Morgan fingerprint density at radius 1 is 1.29 bits per heavy atom. The summed E-state index contributed by atoms with van der Waals surface area (Å²) in [6.45, 7) is 1.16. The van der Waals surface area contributed by atoms with Gasteiger partial charge in [-0.2, -0.15) is 0 Å². The van der Waals surface area contributed by atoms with Gasteiger partial charge in [0.05, 0.1) is 12.1 Å². The van der Waals surface area contributed by atoms with Crippen molar-refractivity contribution >= 4 is 11.8 Å². The van der Waals surface area contributed by atoms with Crippen molar-refractivity contribution in [2.45, 2.75) is 69.2 Å². The molecule has 1 aliphatic heterocycles. The number of hydrogen-bond donors (Lipinski definition) is 1. The summed E-state index contributed by atoms with van der Waals surface area (Å²) in [4.78, 5) is 31.4. The Morgan fingerprint density at radius 3 is 2.82 bits per heavy atom. The molecule has 0 aromatic carbocycles. The predicted molar refractivity (Wildman–Crippen MR) is 102 cm³/mol. The largest absolute Gasteiger partial charge is 0.378 e. The van der Waals surface area contributed by atoms with Crippen LogP contribution < -0.4 is 5.32 Å². The van der Waals surface area contributed by atoms with Crippen LogP contribution in [0.3, 0.4) is 0 Å². The monoisotopic (exact) mass is 387 g/mol. The summed E-state index contributed by atoms with van der Waals surface area (Å²) >= 11 is 0. The number of aromatic nitrogens is 1. The number of nitrogens with zero attached hydrogens (tertiary/aromatic N) is 2. The Hall–Kier alpha value is -1.99. The maximum Gasteiger partial charge on any atom is 0.251 e. The summed E-state index contributed by atoms with van der Waals surface area (Å²) in [5.74, 6) is -0.224. The van der Waals surface area contributed by atoms with Gasteiger partial charge in [0.2, 0.25) is 5.91 Å².